The van der Waals surface area contributed by atoms with Gasteiger partial charge < -0.3 is 14.6 Å². The van der Waals surface area contributed by atoms with Gasteiger partial charge in [-0.25, -0.2) is 0 Å². The van der Waals surface area contributed by atoms with Gasteiger partial charge in [0.1, 0.15) is 6.10 Å². The number of allylic oxidation sites excluding steroid dienone is 4. The van der Waals surface area contributed by atoms with E-state index in [2.05, 4.69) is 38.2 Å². The normalized spacial score (nSPS) is 12.5. The van der Waals surface area contributed by atoms with Crippen molar-refractivity contribution in [2.75, 3.05) is 19.8 Å². The molecule has 1 atom stereocenters. The molecule has 0 aromatic rings. The van der Waals surface area contributed by atoms with Gasteiger partial charge in [0.2, 0.25) is 0 Å². The fourth-order valence-corrected chi connectivity index (χ4v) is 6.30. The summed E-state index contributed by atoms with van der Waals surface area (Å²) in [5, 5.41) is 9.59. The molecular formula is C44H84O4. The molecule has 4 nitrogen and oxygen atoms in total. The van der Waals surface area contributed by atoms with E-state index in [-0.39, 0.29) is 12.6 Å². The lowest BCUT2D eigenvalue weighted by Gasteiger charge is -2.15. The molecule has 0 saturated carbocycles. The van der Waals surface area contributed by atoms with Crippen molar-refractivity contribution in [2.24, 2.45) is 0 Å². The van der Waals surface area contributed by atoms with Crippen molar-refractivity contribution >= 4 is 5.97 Å². The molecule has 0 spiro atoms. The van der Waals surface area contributed by atoms with E-state index in [1.54, 1.807) is 0 Å². The molecule has 48 heavy (non-hydrogen) atoms. The predicted molar refractivity (Wildman–Crippen MR) is 210 cm³/mol. The molecule has 0 radical (unpaired) electrons. The van der Waals surface area contributed by atoms with Crippen LogP contribution in [0, 0.1) is 0 Å². The van der Waals surface area contributed by atoms with Crippen LogP contribution in [0.5, 0.6) is 0 Å². The number of rotatable bonds is 40. The van der Waals surface area contributed by atoms with Crippen molar-refractivity contribution in [1.82, 2.24) is 0 Å². The largest absolute Gasteiger partial charge is 0.457 e. The van der Waals surface area contributed by atoms with Crippen LogP contribution in [0.4, 0.5) is 0 Å². The first-order valence-corrected chi connectivity index (χ1v) is 21.4. The molecule has 0 rings (SSSR count). The minimum absolute atomic E-state index is 0.173. The summed E-state index contributed by atoms with van der Waals surface area (Å²) in [6.07, 6.45) is 50.9. The van der Waals surface area contributed by atoms with Crippen LogP contribution in [0.2, 0.25) is 0 Å². The Labute approximate surface area is 300 Å². The number of unbranched alkanes of at least 4 members (excludes halogenated alkanes) is 28. The van der Waals surface area contributed by atoms with Crippen LogP contribution in [-0.4, -0.2) is 37.0 Å². The number of hydrogen-bond acceptors (Lipinski definition) is 4. The second-order valence-corrected chi connectivity index (χ2v) is 14.4. The Hall–Kier alpha value is -1.13. The third kappa shape index (κ3) is 39.3. The Bertz CT molecular complexity index is 673. The molecule has 0 saturated heterocycles. The van der Waals surface area contributed by atoms with Gasteiger partial charge in [-0.2, -0.15) is 0 Å². The van der Waals surface area contributed by atoms with E-state index in [0.717, 1.165) is 38.5 Å². The second kappa shape index (κ2) is 42.0. The van der Waals surface area contributed by atoms with Gasteiger partial charge in [-0.1, -0.05) is 199 Å². The third-order valence-electron chi connectivity index (χ3n) is 9.53. The molecule has 0 aliphatic rings. The highest BCUT2D eigenvalue weighted by Gasteiger charge is 2.13. The first kappa shape index (κ1) is 46.9. The van der Waals surface area contributed by atoms with Crippen molar-refractivity contribution in [2.45, 2.75) is 232 Å². The van der Waals surface area contributed by atoms with Crippen molar-refractivity contribution in [1.29, 1.82) is 0 Å². The first-order chi connectivity index (χ1) is 23.7. The maximum absolute atomic E-state index is 12.2. The molecule has 0 aliphatic carbocycles. The molecule has 0 amide bonds. The number of carbonyl (C=O) groups is 1. The summed E-state index contributed by atoms with van der Waals surface area (Å²) in [6, 6.07) is 0. The SMILES string of the molecule is CCCCCC/C=C\C/C=C\CCCCCCCC(=O)OC(CO)COCCCCCCCCCCCCCCCCCCCCCC. The minimum atomic E-state index is -0.537. The molecule has 284 valence electrons. The number of aliphatic hydroxyl groups is 1. The van der Waals surface area contributed by atoms with Crippen LogP contribution in [0.1, 0.15) is 226 Å². The Morgan fingerprint density at radius 1 is 0.500 bits per heavy atom. The molecule has 4 heteroatoms. The first-order valence-electron chi connectivity index (χ1n) is 21.4. The van der Waals surface area contributed by atoms with Crippen LogP contribution < -0.4 is 0 Å². The quantitative estimate of drug-likeness (QED) is 0.0399. The molecular weight excluding hydrogens is 592 g/mol. The summed E-state index contributed by atoms with van der Waals surface area (Å²) in [5.41, 5.74) is 0. The van der Waals surface area contributed by atoms with Crippen molar-refractivity contribution in [3.63, 3.8) is 0 Å². The van der Waals surface area contributed by atoms with Crippen molar-refractivity contribution in [3.05, 3.63) is 24.3 Å². The van der Waals surface area contributed by atoms with Crippen LogP contribution in [0.3, 0.4) is 0 Å². The van der Waals surface area contributed by atoms with Crippen LogP contribution in [0.15, 0.2) is 24.3 Å². The second-order valence-electron chi connectivity index (χ2n) is 14.4. The average Bonchev–Trinajstić information content (AvgIpc) is 3.09. The average molecular weight is 677 g/mol. The number of aliphatic hydroxyl groups excluding tert-OH is 1. The maximum Gasteiger partial charge on any atom is 0.306 e. The van der Waals surface area contributed by atoms with E-state index >= 15 is 0 Å². The summed E-state index contributed by atoms with van der Waals surface area (Å²) < 4.78 is 11.2. The van der Waals surface area contributed by atoms with Gasteiger partial charge in [-0.15, -0.1) is 0 Å². The van der Waals surface area contributed by atoms with Gasteiger partial charge in [0.05, 0.1) is 13.2 Å². The van der Waals surface area contributed by atoms with E-state index in [1.165, 1.54) is 167 Å². The Morgan fingerprint density at radius 2 is 0.875 bits per heavy atom. The fraction of sp³-hybridized carbons (Fsp3) is 0.886. The van der Waals surface area contributed by atoms with Crippen LogP contribution in [0.25, 0.3) is 0 Å². The molecule has 0 bridgehead atoms. The number of esters is 1. The molecule has 0 aromatic heterocycles. The number of ether oxygens (including phenoxy) is 2. The summed E-state index contributed by atoms with van der Waals surface area (Å²) in [5.74, 6) is -0.210. The standard InChI is InChI=1S/C44H84O4/c1-3-5-7-9-11-13-15-17-19-21-22-23-24-26-28-30-32-34-36-38-40-47-42-43(41-45)48-44(46)39-37-35-33-31-29-27-25-20-18-16-14-12-10-8-6-4-2/h14,16,20,25,43,45H,3-13,15,17-19,21-24,26-42H2,1-2H3/b16-14-,25-20-. The number of carbonyl (C=O) groups excluding carboxylic acids is 1. The lowest BCUT2D eigenvalue weighted by Crippen LogP contribution is -2.27. The zero-order valence-corrected chi connectivity index (χ0v) is 32.5. The number of hydrogen-bond donors (Lipinski definition) is 1. The Kier molecular flexibility index (Phi) is 41.0. The van der Waals surface area contributed by atoms with Crippen LogP contribution >= 0.6 is 0 Å². The third-order valence-corrected chi connectivity index (χ3v) is 9.53. The summed E-state index contributed by atoms with van der Waals surface area (Å²) in [4.78, 5) is 12.2. The smallest absolute Gasteiger partial charge is 0.306 e. The summed E-state index contributed by atoms with van der Waals surface area (Å²) in [7, 11) is 0. The minimum Gasteiger partial charge on any atom is -0.457 e. The fourth-order valence-electron chi connectivity index (χ4n) is 6.30. The van der Waals surface area contributed by atoms with E-state index in [9.17, 15) is 9.90 Å². The molecule has 0 aliphatic heterocycles. The highest BCUT2D eigenvalue weighted by Crippen LogP contribution is 2.15. The Balaban J connectivity index is 3.40. The Morgan fingerprint density at radius 3 is 1.31 bits per heavy atom. The molecule has 0 heterocycles. The van der Waals surface area contributed by atoms with Gasteiger partial charge in [-0.05, 0) is 44.9 Å². The lowest BCUT2D eigenvalue weighted by molar-refractivity contribution is -0.154. The van der Waals surface area contributed by atoms with Crippen molar-refractivity contribution < 1.29 is 19.4 Å². The zero-order chi connectivity index (χ0) is 34.9. The van der Waals surface area contributed by atoms with E-state index in [1.807, 2.05) is 0 Å². The molecule has 1 N–H and O–H groups in total. The lowest BCUT2D eigenvalue weighted by atomic mass is 10.0. The van der Waals surface area contributed by atoms with E-state index < -0.39 is 6.10 Å². The zero-order valence-electron chi connectivity index (χ0n) is 32.5. The highest BCUT2D eigenvalue weighted by molar-refractivity contribution is 5.69. The molecule has 1 unspecified atom stereocenters. The van der Waals surface area contributed by atoms with Crippen molar-refractivity contribution in [3.8, 4) is 0 Å². The maximum atomic E-state index is 12.2. The summed E-state index contributed by atoms with van der Waals surface area (Å²) in [6.45, 7) is 5.35. The topological polar surface area (TPSA) is 55.8 Å². The van der Waals surface area contributed by atoms with Gasteiger partial charge >= 0.3 is 5.97 Å². The van der Waals surface area contributed by atoms with Gasteiger partial charge in [0, 0.05) is 13.0 Å². The van der Waals surface area contributed by atoms with E-state index in [0.29, 0.717) is 19.6 Å². The molecule has 0 fully saturated rings. The van der Waals surface area contributed by atoms with E-state index in [4.69, 9.17) is 9.47 Å². The highest BCUT2D eigenvalue weighted by atomic mass is 16.6. The summed E-state index contributed by atoms with van der Waals surface area (Å²) >= 11 is 0. The van der Waals surface area contributed by atoms with Gasteiger partial charge in [0.25, 0.3) is 0 Å². The monoisotopic (exact) mass is 677 g/mol. The van der Waals surface area contributed by atoms with Gasteiger partial charge in [0.15, 0.2) is 0 Å². The van der Waals surface area contributed by atoms with Crippen LogP contribution in [-0.2, 0) is 14.3 Å². The molecule has 0 aromatic carbocycles. The van der Waals surface area contributed by atoms with Gasteiger partial charge in [-0.3, -0.25) is 4.79 Å². The predicted octanol–water partition coefficient (Wildman–Crippen LogP) is 13.9.